The van der Waals surface area contributed by atoms with E-state index >= 15 is 0 Å². The maximum Gasteiger partial charge on any atom is 0.104 e. The minimum Gasteiger partial charge on any atom is -0.307 e. The second-order valence-electron chi connectivity index (χ2n) is 21.8. The van der Waals surface area contributed by atoms with Crippen LogP contribution in [0.1, 0.15) is 11.1 Å². The highest BCUT2D eigenvalue weighted by molar-refractivity contribution is 6.17. The zero-order chi connectivity index (χ0) is 56.3. The minimum absolute atomic E-state index is 0.516. The maximum atomic E-state index is 12.9. The van der Waals surface area contributed by atoms with Crippen molar-refractivity contribution in [3.05, 3.63) is 279 Å². The molecule has 0 aliphatic heterocycles. The number of hydrogen-bond donors (Lipinski definition) is 0. The molecule has 8 heterocycles. The Morgan fingerprint density at radius 1 is 0.259 bits per heavy atom. The number of para-hydroxylation sites is 4. The fourth-order valence-electron chi connectivity index (χ4n) is 13.7. The van der Waals surface area contributed by atoms with Gasteiger partial charge in [0.1, 0.15) is 11.6 Å². The predicted octanol–water partition coefficient (Wildman–Crippen LogP) is 18.5. The highest BCUT2D eigenvalue weighted by Crippen LogP contribution is 2.50. The van der Waals surface area contributed by atoms with Crippen LogP contribution in [0.3, 0.4) is 0 Å². The van der Waals surface area contributed by atoms with Crippen molar-refractivity contribution in [2.24, 2.45) is 0 Å². The monoisotopic (exact) mass is 1090 g/mol. The van der Waals surface area contributed by atoms with Gasteiger partial charge in [-0.3, -0.25) is 19.9 Å². The van der Waals surface area contributed by atoms with Gasteiger partial charge in [-0.1, -0.05) is 97.1 Å². The molecule has 0 amide bonds. The van der Waals surface area contributed by atoms with Crippen LogP contribution in [-0.2, 0) is 0 Å². The standard InChI is InChI=1S/C76H47N9/c1-47-73(82-69-22-18-52(48-26-34-78-35-27-48)42-60(69)61-43-53(19-23-70(61)82)49-28-36-79-37-29-49)75(84-65-14-6-2-10-56(65)57-11-3-7-15-66(57)84)64(46-77)76(85-67-16-8-4-12-58(67)59-13-5-9-17-68(59)85)74(47)83-71-24-20-54(50-30-38-80-39-31-50)44-62(71)63-45-55(21-25-72(63)83)51-32-40-81-41-33-51/h2-45H,1H3. The average molecular weight is 1090 g/mol. The van der Waals surface area contributed by atoms with Crippen LogP contribution in [0.4, 0.5) is 0 Å². The van der Waals surface area contributed by atoms with E-state index in [1.165, 1.54) is 0 Å². The summed E-state index contributed by atoms with van der Waals surface area (Å²) in [7, 11) is 0. The molecule has 396 valence electrons. The molecule has 0 atom stereocenters. The second kappa shape index (κ2) is 18.9. The molecule has 0 radical (unpaired) electrons. The summed E-state index contributed by atoms with van der Waals surface area (Å²) in [5.41, 5.74) is 21.3. The quantitative estimate of drug-likeness (QED) is 0.151. The largest absolute Gasteiger partial charge is 0.307 e. The van der Waals surface area contributed by atoms with Crippen LogP contribution < -0.4 is 0 Å². The van der Waals surface area contributed by atoms with E-state index in [0.717, 1.165) is 160 Å². The summed E-state index contributed by atoms with van der Waals surface area (Å²) in [6.45, 7) is 2.28. The van der Waals surface area contributed by atoms with Crippen LogP contribution in [-0.4, -0.2) is 38.2 Å². The molecule has 9 aromatic carbocycles. The van der Waals surface area contributed by atoms with Gasteiger partial charge in [-0.05, 0) is 173 Å². The lowest BCUT2D eigenvalue weighted by Gasteiger charge is -2.28. The SMILES string of the molecule is Cc1c(-n2c3ccc(-c4ccncc4)cc3c3cc(-c4ccncc4)ccc32)c(-n2c3ccccc3c3ccccc32)c(C#N)c(-n2c3ccccc3c3ccccc32)c1-n1c2ccc(-c3ccncc3)cc2c2cc(-c3ccncc3)ccc21. The molecule has 0 saturated carbocycles. The fraction of sp³-hybridized carbons (Fsp3) is 0.0132. The van der Waals surface area contributed by atoms with E-state index in [2.05, 4.69) is 270 Å². The first kappa shape index (κ1) is 48.0. The van der Waals surface area contributed by atoms with Crippen LogP contribution in [0.15, 0.2) is 268 Å². The molecule has 0 aliphatic carbocycles. The third-order valence-corrected chi connectivity index (χ3v) is 17.4. The molecule has 0 bridgehead atoms. The summed E-state index contributed by atoms with van der Waals surface area (Å²) in [5.74, 6) is 0. The highest BCUT2D eigenvalue weighted by atomic mass is 15.1. The zero-order valence-corrected chi connectivity index (χ0v) is 45.9. The van der Waals surface area contributed by atoms with E-state index in [1.807, 2.05) is 49.6 Å². The van der Waals surface area contributed by atoms with Crippen molar-refractivity contribution in [3.8, 4) is 73.3 Å². The number of aromatic nitrogens is 8. The smallest absolute Gasteiger partial charge is 0.104 e. The summed E-state index contributed by atoms with van der Waals surface area (Å²) in [6.07, 6.45) is 14.8. The number of nitriles is 1. The molecule has 0 N–H and O–H groups in total. The molecule has 9 heteroatoms. The van der Waals surface area contributed by atoms with Gasteiger partial charge < -0.3 is 18.3 Å². The molecule has 17 rings (SSSR count). The zero-order valence-electron chi connectivity index (χ0n) is 45.9. The van der Waals surface area contributed by atoms with Gasteiger partial charge in [0.05, 0.1) is 66.9 Å². The van der Waals surface area contributed by atoms with Crippen LogP contribution in [0, 0.1) is 18.3 Å². The lowest BCUT2D eigenvalue weighted by molar-refractivity contribution is 1.01. The predicted molar refractivity (Wildman–Crippen MR) is 346 cm³/mol. The van der Waals surface area contributed by atoms with E-state index in [9.17, 15) is 5.26 Å². The van der Waals surface area contributed by atoms with E-state index < -0.39 is 0 Å². The van der Waals surface area contributed by atoms with Crippen molar-refractivity contribution >= 4 is 87.2 Å². The second-order valence-corrected chi connectivity index (χ2v) is 21.8. The van der Waals surface area contributed by atoms with E-state index in [1.54, 1.807) is 0 Å². The molecule has 85 heavy (non-hydrogen) atoms. The number of pyridine rings is 4. The Morgan fingerprint density at radius 2 is 0.494 bits per heavy atom. The summed E-state index contributed by atoms with van der Waals surface area (Å²) in [4.78, 5) is 17.6. The fourth-order valence-corrected chi connectivity index (χ4v) is 13.7. The van der Waals surface area contributed by atoms with Gasteiger partial charge in [-0.2, -0.15) is 5.26 Å². The van der Waals surface area contributed by atoms with Crippen LogP contribution >= 0.6 is 0 Å². The van der Waals surface area contributed by atoms with Gasteiger partial charge in [-0.25, -0.2) is 0 Å². The molecular weight excluding hydrogens is 1040 g/mol. The molecule has 0 unspecified atom stereocenters. The summed E-state index contributed by atoms with van der Waals surface area (Å²) < 4.78 is 9.63. The Hall–Kier alpha value is -11.7. The van der Waals surface area contributed by atoms with Gasteiger partial charge >= 0.3 is 0 Å². The Morgan fingerprint density at radius 3 is 0.753 bits per heavy atom. The summed E-state index contributed by atoms with van der Waals surface area (Å²) in [5, 5.41) is 21.6. The highest BCUT2D eigenvalue weighted by Gasteiger charge is 2.33. The number of rotatable bonds is 8. The van der Waals surface area contributed by atoms with Crippen LogP contribution in [0.2, 0.25) is 0 Å². The molecule has 9 nitrogen and oxygen atoms in total. The van der Waals surface area contributed by atoms with Gasteiger partial charge in [0, 0.05) is 98.2 Å². The first-order valence-corrected chi connectivity index (χ1v) is 28.5. The Bertz CT molecular complexity index is 4970. The van der Waals surface area contributed by atoms with Crippen molar-refractivity contribution in [1.82, 2.24) is 38.2 Å². The van der Waals surface area contributed by atoms with Crippen molar-refractivity contribution in [2.45, 2.75) is 6.92 Å². The first-order valence-electron chi connectivity index (χ1n) is 28.5. The summed E-state index contributed by atoms with van der Waals surface area (Å²) in [6, 6.07) is 81.3. The lowest BCUT2D eigenvalue weighted by atomic mass is 9.98. The number of nitrogens with zero attached hydrogens (tertiary/aromatic N) is 9. The molecule has 8 aromatic heterocycles. The first-order chi connectivity index (χ1) is 42.1. The van der Waals surface area contributed by atoms with Crippen molar-refractivity contribution < 1.29 is 0 Å². The van der Waals surface area contributed by atoms with E-state index in [-0.39, 0.29) is 0 Å². The molecule has 0 aliphatic rings. The maximum absolute atomic E-state index is 12.9. The molecule has 17 aromatic rings. The van der Waals surface area contributed by atoms with E-state index in [4.69, 9.17) is 0 Å². The minimum atomic E-state index is 0.516. The third kappa shape index (κ3) is 7.22. The molecule has 0 saturated heterocycles. The van der Waals surface area contributed by atoms with Gasteiger partial charge in [-0.15, -0.1) is 0 Å². The number of benzene rings is 9. The Kier molecular flexibility index (Phi) is 10.7. The number of fused-ring (bicyclic) bond motifs is 12. The van der Waals surface area contributed by atoms with Crippen molar-refractivity contribution in [3.63, 3.8) is 0 Å². The number of hydrogen-bond acceptors (Lipinski definition) is 5. The van der Waals surface area contributed by atoms with Crippen LogP contribution in [0.5, 0.6) is 0 Å². The normalized spacial score (nSPS) is 11.8. The topological polar surface area (TPSA) is 95.1 Å². The van der Waals surface area contributed by atoms with Crippen molar-refractivity contribution in [2.75, 3.05) is 0 Å². The lowest BCUT2D eigenvalue weighted by Crippen LogP contribution is -2.16. The van der Waals surface area contributed by atoms with Crippen LogP contribution in [0.25, 0.3) is 154 Å². The van der Waals surface area contributed by atoms with Crippen molar-refractivity contribution in [1.29, 1.82) is 5.26 Å². The average Bonchev–Trinajstić information content (AvgIpc) is 2.45. The van der Waals surface area contributed by atoms with Gasteiger partial charge in [0.2, 0.25) is 0 Å². The molecular formula is C76H47N9. The Labute approximate surface area is 487 Å². The van der Waals surface area contributed by atoms with E-state index in [0.29, 0.717) is 5.56 Å². The Balaban J connectivity index is 1.11. The third-order valence-electron chi connectivity index (χ3n) is 17.4. The summed E-state index contributed by atoms with van der Waals surface area (Å²) >= 11 is 0. The van der Waals surface area contributed by atoms with Gasteiger partial charge in [0.15, 0.2) is 0 Å². The molecule has 0 fully saturated rings. The molecule has 0 spiro atoms. The van der Waals surface area contributed by atoms with Gasteiger partial charge in [0.25, 0.3) is 0 Å².